The maximum Gasteiger partial charge on any atom is 0.280 e. The minimum absolute atomic E-state index is 0.201. The highest BCUT2D eigenvalue weighted by Gasteiger charge is 2.20. The van der Waals surface area contributed by atoms with Gasteiger partial charge in [-0.25, -0.2) is 13.8 Å². The van der Waals surface area contributed by atoms with Crippen LogP contribution < -0.4 is 14.2 Å². The van der Waals surface area contributed by atoms with Crippen molar-refractivity contribution >= 4 is 23.6 Å². The van der Waals surface area contributed by atoms with Crippen LogP contribution in [0.25, 0.3) is 17.2 Å². The van der Waals surface area contributed by atoms with E-state index in [2.05, 4.69) is 11.1 Å². The summed E-state index contributed by atoms with van der Waals surface area (Å²) in [6.45, 7) is 0. The summed E-state index contributed by atoms with van der Waals surface area (Å²) >= 11 is 1.17. The molecule has 3 aromatic carbocycles. The molecule has 0 aliphatic carbocycles. The monoisotopic (exact) mass is 572 g/mol. The lowest BCUT2D eigenvalue weighted by Crippen LogP contribution is -2.00. The second kappa shape index (κ2) is 13.6. The molecule has 0 aliphatic heterocycles. The molecule has 9 heteroatoms. The fraction of sp³-hybridized carbons (Fsp3) is 0.156. The fourth-order valence-electron chi connectivity index (χ4n) is 4.14. The molecule has 0 saturated heterocycles. The van der Waals surface area contributed by atoms with Crippen LogP contribution in [-0.4, -0.2) is 32.1 Å². The molecule has 0 bridgehead atoms. The van der Waals surface area contributed by atoms with E-state index in [0.29, 0.717) is 33.9 Å². The lowest BCUT2D eigenvalue weighted by atomic mass is 10.0. The molecule has 0 N–H and O–H groups in total. The smallest absolute Gasteiger partial charge is 0.280 e. The SMILES string of the molecule is COc1ccc(OC)c(C(=O)/C=C/c2ccc(OC)c(CSc3nc(C(F)F)cc(-c4ccccc4)c3C#N)c2)c1. The molecule has 41 heavy (non-hydrogen) atoms. The first-order chi connectivity index (χ1) is 19.9. The number of benzene rings is 3. The Labute approximate surface area is 241 Å². The maximum atomic E-state index is 13.8. The highest BCUT2D eigenvalue weighted by molar-refractivity contribution is 7.98. The summed E-state index contributed by atoms with van der Waals surface area (Å²) in [6, 6.07) is 22.7. The molecular weight excluding hydrogens is 546 g/mol. The number of hydrogen-bond acceptors (Lipinski definition) is 7. The lowest BCUT2D eigenvalue weighted by Gasteiger charge is -2.13. The average Bonchev–Trinajstić information content (AvgIpc) is 3.02. The number of allylic oxidation sites excluding steroid dienone is 1. The van der Waals surface area contributed by atoms with Crippen molar-refractivity contribution in [3.63, 3.8) is 0 Å². The topological polar surface area (TPSA) is 81.4 Å². The van der Waals surface area contributed by atoms with Crippen molar-refractivity contribution < 1.29 is 27.8 Å². The number of alkyl halides is 2. The molecule has 4 rings (SSSR count). The van der Waals surface area contributed by atoms with Gasteiger partial charge in [0.2, 0.25) is 0 Å². The zero-order valence-electron chi connectivity index (χ0n) is 22.6. The molecule has 0 amide bonds. The van der Waals surface area contributed by atoms with Crippen molar-refractivity contribution in [3.8, 4) is 34.4 Å². The number of ketones is 1. The summed E-state index contributed by atoms with van der Waals surface area (Å²) in [5, 5.41) is 10.1. The molecule has 0 atom stereocenters. The van der Waals surface area contributed by atoms with E-state index in [9.17, 15) is 18.8 Å². The normalized spacial score (nSPS) is 11.0. The number of nitriles is 1. The van der Waals surface area contributed by atoms with Gasteiger partial charge in [0.25, 0.3) is 6.43 Å². The van der Waals surface area contributed by atoms with E-state index in [4.69, 9.17) is 14.2 Å². The third-order valence-corrected chi connectivity index (χ3v) is 7.22. The van der Waals surface area contributed by atoms with E-state index >= 15 is 0 Å². The minimum Gasteiger partial charge on any atom is -0.497 e. The molecule has 0 saturated carbocycles. The van der Waals surface area contributed by atoms with Gasteiger partial charge in [0.15, 0.2) is 5.78 Å². The second-order valence-electron chi connectivity index (χ2n) is 8.68. The number of aromatic nitrogens is 1. The van der Waals surface area contributed by atoms with Crippen LogP contribution in [0.1, 0.15) is 39.2 Å². The van der Waals surface area contributed by atoms with Gasteiger partial charge in [0.05, 0.1) is 32.5 Å². The van der Waals surface area contributed by atoms with Crippen molar-refractivity contribution in [2.75, 3.05) is 21.3 Å². The molecular formula is C32H26F2N2O4S. The molecule has 4 aromatic rings. The summed E-state index contributed by atoms with van der Waals surface area (Å²) in [6.07, 6.45) is 0.302. The van der Waals surface area contributed by atoms with Gasteiger partial charge < -0.3 is 14.2 Å². The van der Waals surface area contributed by atoms with Crippen LogP contribution in [0.4, 0.5) is 8.78 Å². The maximum absolute atomic E-state index is 13.8. The number of ether oxygens (including phenoxy) is 3. The summed E-state index contributed by atoms with van der Waals surface area (Å²) in [5.74, 6) is 1.54. The largest absolute Gasteiger partial charge is 0.497 e. The highest BCUT2D eigenvalue weighted by Crippen LogP contribution is 2.36. The summed E-state index contributed by atoms with van der Waals surface area (Å²) in [4.78, 5) is 17.1. The first kappa shape index (κ1) is 29.3. The number of halogens is 2. The van der Waals surface area contributed by atoms with Crippen LogP contribution in [0, 0.1) is 11.3 Å². The Morgan fingerprint density at radius 2 is 1.71 bits per heavy atom. The predicted octanol–water partition coefficient (Wildman–Crippen LogP) is 7.77. The quantitative estimate of drug-likeness (QED) is 0.103. The number of hydrogen-bond donors (Lipinski definition) is 0. The summed E-state index contributed by atoms with van der Waals surface area (Å²) < 4.78 is 43.6. The first-order valence-corrected chi connectivity index (χ1v) is 13.4. The van der Waals surface area contributed by atoms with Crippen molar-refractivity contribution in [2.45, 2.75) is 17.2 Å². The van der Waals surface area contributed by atoms with Gasteiger partial charge in [-0.3, -0.25) is 4.79 Å². The zero-order valence-corrected chi connectivity index (χ0v) is 23.4. The number of rotatable bonds is 11. The Kier molecular flexibility index (Phi) is 9.72. The summed E-state index contributed by atoms with van der Waals surface area (Å²) in [7, 11) is 4.54. The van der Waals surface area contributed by atoms with Crippen LogP contribution in [0.15, 0.2) is 83.9 Å². The van der Waals surface area contributed by atoms with Gasteiger partial charge in [0.1, 0.15) is 34.0 Å². The molecule has 208 valence electrons. The second-order valence-corrected chi connectivity index (χ2v) is 9.64. The van der Waals surface area contributed by atoms with Gasteiger partial charge >= 0.3 is 0 Å². The van der Waals surface area contributed by atoms with E-state index in [0.717, 1.165) is 11.1 Å². The molecule has 0 unspecified atom stereocenters. The molecule has 6 nitrogen and oxygen atoms in total. The number of carbonyl (C=O) groups excluding carboxylic acids is 1. The van der Waals surface area contributed by atoms with Gasteiger partial charge in [0, 0.05) is 16.9 Å². The summed E-state index contributed by atoms with van der Waals surface area (Å²) in [5.41, 5.74) is 2.68. The van der Waals surface area contributed by atoms with E-state index in [-0.39, 0.29) is 22.1 Å². The zero-order chi connectivity index (χ0) is 29.4. The van der Waals surface area contributed by atoms with E-state index < -0.39 is 12.1 Å². The number of thioether (sulfide) groups is 1. The average molecular weight is 573 g/mol. The molecule has 0 fully saturated rings. The van der Waals surface area contributed by atoms with E-state index in [1.165, 1.54) is 45.2 Å². The Balaban J connectivity index is 1.63. The number of pyridine rings is 1. The van der Waals surface area contributed by atoms with Crippen LogP contribution in [-0.2, 0) is 5.75 Å². The Bertz CT molecular complexity index is 1620. The van der Waals surface area contributed by atoms with Crippen molar-refractivity contribution in [2.24, 2.45) is 0 Å². The van der Waals surface area contributed by atoms with Crippen molar-refractivity contribution in [1.29, 1.82) is 5.26 Å². The predicted molar refractivity (Wildman–Crippen MR) is 155 cm³/mol. The molecule has 0 radical (unpaired) electrons. The number of methoxy groups -OCH3 is 3. The standard InChI is InChI=1S/C32H26F2N2O4S/c1-38-23-11-14-30(40-3)25(16-23)28(37)12-9-20-10-13-29(39-2)22(15-20)19-41-32-26(18-35)24(17-27(36-32)31(33)34)21-7-5-4-6-8-21/h4-17,31H,19H2,1-3H3/b12-9+. The van der Waals surface area contributed by atoms with Gasteiger partial charge in [-0.2, -0.15) is 5.26 Å². The third kappa shape index (κ3) is 6.91. The number of carbonyl (C=O) groups is 1. The highest BCUT2D eigenvalue weighted by atomic mass is 32.2. The van der Waals surface area contributed by atoms with Crippen LogP contribution in [0.5, 0.6) is 17.2 Å². The van der Waals surface area contributed by atoms with Gasteiger partial charge in [-0.15, -0.1) is 11.8 Å². The Hall–Kier alpha value is -4.68. The molecule has 1 aromatic heterocycles. The minimum atomic E-state index is -2.80. The fourth-order valence-corrected chi connectivity index (χ4v) is 5.13. The molecule has 0 aliphatic rings. The molecule has 1 heterocycles. The van der Waals surface area contributed by atoms with E-state index in [1.807, 2.05) is 12.1 Å². The lowest BCUT2D eigenvalue weighted by molar-refractivity contribution is 0.104. The van der Waals surface area contributed by atoms with E-state index in [1.54, 1.807) is 60.7 Å². The Morgan fingerprint density at radius 1 is 0.976 bits per heavy atom. The van der Waals surface area contributed by atoms with Gasteiger partial charge in [-0.05, 0) is 53.6 Å². The van der Waals surface area contributed by atoms with Crippen molar-refractivity contribution in [3.05, 3.63) is 107 Å². The van der Waals surface area contributed by atoms with Gasteiger partial charge in [-0.1, -0.05) is 42.5 Å². The van der Waals surface area contributed by atoms with Crippen LogP contribution >= 0.6 is 11.8 Å². The van der Waals surface area contributed by atoms with Crippen molar-refractivity contribution in [1.82, 2.24) is 4.98 Å². The Morgan fingerprint density at radius 3 is 2.37 bits per heavy atom. The molecule has 0 spiro atoms. The third-order valence-electron chi connectivity index (χ3n) is 6.19. The number of nitrogens with zero attached hydrogens (tertiary/aromatic N) is 2. The van der Waals surface area contributed by atoms with Crippen LogP contribution in [0.3, 0.4) is 0 Å². The first-order valence-electron chi connectivity index (χ1n) is 12.4. The van der Waals surface area contributed by atoms with Crippen LogP contribution in [0.2, 0.25) is 0 Å².